The fourth-order valence-electron chi connectivity index (χ4n) is 4.32. The summed E-state index contributed by atoms with van der Waals surface area (Å²) >= 11 is 1.31. The van der Waals surface area contributed by atoms with Gasteiger partial charge in [-0.25, -0.2) is 4.98 Å². The van der Waals surface area contributed by atoms with E-state index in [9.17, 15) is 14.4 Å². The van der Waals surface area contributed by atoms with Crippen LogP contribution in [-0.4, -0.2) is 29.3 Å². The summed E-state index contributed by atoms with van der Waals surface area (Å²) in [7, 11) is 0. The Bertz CT molecular complexity index is 1400. The molecule has 2 atom stereocenters. The number of amides is 1. The van der Waals surface area contributed by atoms with Crippen LogP contribution in [0.25, 0.3) is 10.2 Å². The lowest BCUT2D eigenvalue weighted by Gasteiger charge is -2.25. The molecule has 7 nitrogen and oxygen atoms in total. The van der Waals surface area contributed by atoms with Crippen molar-refractivity contribution in [1.82, 2.24) is 4.98 Å². The molecule has 2 aliphatic rings. The Kier molecular flexibility index (Phi) is 4.48. The Balaban J connectivity index is 1.52. The third kappa shape index (κ3) is 3.10. The number of thiazole rings is 1. The molecule has 1 amide bonds. The number of para-hydroxylation sites is 1. The Hall–Kier alpha value is -4.04. The first kappa shape index (κ1) is 19.6. The van der Waals surface area contributed by atoms with Crippen molar-refractivity contribution in [3.63, 3.8) is 0 Å². The van der Waals surface area contributed by atoms with Crippen molar-refractivity contribution < 1.29 is 23.9 Å². The molecular formula is C25H16N2O5S. The van der Waals surface area contributed by atoms with Gasteiger partial charge in [0.2, 0.25) is 12.6 Å². The van der Waals surface area contributed by atoms with E-state index in [1.807, 2.05) is 24.3 Å². The van der Waals surface area contributed by atoms with Crippen LogP contribution in [-0.2, 0) is 9.59 Å². The van der Waals surface area contributed by atoms with Crippen molar-refractivity contribution in [3.05, 3.63) is 83.9 Å². The topological polar surface area (TPSA) is 85.8 Å². The molecule has 2 aliphatic heterocycles. The van der Waals surface area contributed by atoms with Crippen LogP contribution < -0.4 is 14.4 Å². The standard InChI is InChI=1S/C25H16N2O5S/c28-22(14-6-2-1-3-7-14)20-21(15-10-11-17-18(12-15)32-13-31-17)27(24(30)23(20)29)25-26-16-8-4-5-9-19(16)33-25/h1-12,20-21H,13H2. The Morgan fingerprint density at radius 2 is 1.70 bits per heavy atom. The summed E-state index contributed by atoms with van der Waals surface area (Å²) < 4.78 is 11.8. The maximum absolute atomic E-state index is 13.5. The molecule has 0 spiro atoms. The van der Waals surface area contributed by atoms with Crippen LogP contribution in [0.5, 0.6) is 11.5 Å². The lowest BCUT2D eigenvalue weighted by atomic mass is 9.86. The second-order valence-electron chi connectivity index (χ2n) is 7.77. The summed E-state index contributed by atoms with van der Waals surface area (Å²) in [5, 5.41) is 0.376. The van der Waals surface area contributed by atoms with E-state index in [4.69, 9.17) is 9.47 Å². The molecule has 0 N–H and O–H groups in total. The van der Waals surface area contributed by atoms with Gasteiger partial charge in [0.05, 0.1) is 16.3 Å². The lowest BCUT2D eigenvalue weighted by molar-refractivity contribution is -0.135. The average Bonchev–Trinajstić information content (AvgIpc) is 3.55. The molecule has 8 heteroatoms. The van der Waals surface area contributed by atoms with Gasteiger partial charge >= 0.3 is 0 Å². The zero-order valence-electron chi connectivity index (χ0n) is 17.1. The monoisotopic (exact) mass is 456 g/mol. The van der Waals surface area contributed by atoms with Gasteiger partial charge in [0, 0.05) is 5.56 Å². The molecule has 2 unspecified atom stereocenters. The number of Topliss-reactive ketones (excluding diaryl/α,β-unsaturated/α-hetero) is 2. The van der Waals surface area contributed by atoms with Crippen molar-refractivity contribution in [3.8, 4) is 11.5 Å². The first-order valence-corrected chi connectivity index (χ1v) is 11.2. The van der Waals surface area contributed by atoms with Gasteiger partial charge in [-0.1, -0.05) is 59.9 Å². The van der Waals surface area contributed by atoms with Crippen molar-refractivity contribution in [2.45, 2.75) is 6.04 Å². The zero-order chi connectivity index (χ0) is 22.5. The van der Waals surface area contributed by atoms with Gasteiger partial charge < -0.3 is 9.47 Å². The Morgan fingerprint density at radius 3 is 2.52 bits per heavy atom. The maximum Gasteiger partial charge on any atom is 0.297 e. The molecule has 0 aliphatic carbocycles. The number of hydrogen-bond donors (Lipinski definition) is 0. The molecule has 0 saturated carbocycles. The number of anilines is 1. The highest BCUT2D eigenvalue weighted by Crippen LogP contribution is 2.45. The summed E-state index contributed by atoms with van der Waals surface area (Å²) in [6.07, 6.45) is 0. The third-order valence-corrected chi connectivity index (χ3v) is 6.91. The minimum atomic E-state index is -1.20. The van der Waals surface area contributed by atoms with Crippen LogP contribution >= 0.6 is 11.3 Å². The number of fused-ring (bicyclic) bond motifs is 2. The summed E-state index contributed by atoms with van der Waals surface area (Å²) in [5.74, 6) is -2.01. The second kappa shape index (κ2) is 7.53. The summed E-state index contributed by atoms with van der Waals surface area (Å²) in [5.41, 5.74) is 1.70. The highest BCUT2D eigenvalue weighted by Gasteiger charge is 2.53. The molecule has 4 aromatic rings. The van der Waals surface area contributed by atoms with Crippen molar-refractivity contribution >= 4 is 44.2 Å². The van der Waals surface area contributed by atoms with Gasteiger partial charge in [0.1, 0.15) is 5.92 Å². The van der Waals surface area contributed by atoms with Crippen LogP contribution in [0.2, 0.25) is 0 Å². The molecule has 162 valence electrons. The number of rotatable bonds is 4. The number of carbonyl (C=O) groups is 3. The van der Waals surface area contributed by atoms with E-state index in [0.29, 0.717) is 27.8 Å². The number of ether oxygens (including phenoxy) is 2. The molecule has 0 radical (unpaired) electrons. The van der Waals surface area contributed by atoms with Gasteiger partial charge in [-0.15, -0.1) is 0 Å². The highest BCUT2D eigenvalue weighted by molar-refractivity contribution is 7.22. The predicted octanol–water partition coefficient (Wildman–Crippen LogP) is 4.18. The largest absolute Gasteiger partial charge is 0.454 e. The molecular weight excluding hydrogens is 440 g/mol. The van der Waals surface area contributed by atoms with Crippen molar-refractivity contribution in [2.75, 3.05) is 11.7 Å². The average molecular weight is 456 g/mol. The quantitative estimate of drug-likeness (QED) is 0.260. The smallest absolute Gasteiger partial charge is 0.297 e. The van der Waals surface area contributed by atoms with Crippen LogP contribution in [0.15, 0.2) is 72.8 Å². The second-order valence-corrected chi connectivity index (χ2v) is 8.78. The molecule has 3 heterocycles. The SMILES string of the molecule is O=C1C(=O)N(c2nc3ccccc3s2)C(c2ccc3c(c2)OCO3)C1C(=O)c1ccccc1. The van der Waals surface area contributed by atoms with E-state index in [-0.39, 0.29) is 6.79 Å². The van der Waals surface area contributed by atoms with Gasteiger partial charge in [-0.2, -0.15) is 0 Å². The van der Waals surface area contributed by atoms with E-state index in [1.54, 1.807) is 48.5 Å². The summed E-state index contributed by atoms with van der Waals surface area (Å²) in [4.78, 5) is 46.0. The van der Waals surface area contributed by atoms with E-state index in [1.165, 1.54) is 16.2 Å². The molecule has 33 heavy (non-hydrogen) atoms. The van der Waals surface area contributed by atoms with E-state index in [2.05, 4.69) is 4.98 Å². The molecule has 6 rings (SSSR count). The number of benzene rings is 3. The molecule has 3 aromatic carbocycles. The number of hydrogen-bond acceptors (Lipinski definition) is 7. The van der Waals surface area contributed by atoms with Crippen molar-refractivity contribution in [1.29, 1.82) is 0 Å². The van der Waals surface area contributed by atoms with Crippen LogP contribution in [0.3, 0.4) is 0 Å². The number of ketones is 2. The Labute approximate surface area is 192 Å². The number of aromatic nitrogens is 1. The minimum Gasteiger partial charge on any atom is -0.454 e. The van der Waals surface area contributed by atoms with Gasteiger partial charge in [0.15, 0.2) is 22.4 Å². The van der Waals surface area contributed by atoms with E-state index in [0.717, 1.165) is 10.2 Å². The molecule has 1 aromatic heterocycles. The van der Waals surface area contributed by atoms with Crippen LogP contribution in [0.1, 0.15) is 22.0 Å². The fourth-order valence-corrected chi connectivity index (χ4v) is 5.32. The maximum atomic E-state index is 13.5. The van der Waals surface area contributed by atoms with Crippen molar-refractivity contribution in [2.24, 2.45) is 5.92 Å². The minimum absolute atomic E-state index is 0.0925. The van der Waals surface area contributed by atoms with Crippen LogP contribution in [0, 0.1) is 5.92 Å². The highest BCUT2D eigenvalue weighted by atomic mass is 32.1. The van der Waals surface area contributed by atoms with Gasteiger partial charge in [-0.05, 0) is 29.8 Å². The zero-order valence-corrected chi connectivity index (χ0v) is 18.0. The number of nitrogens with zero attached hydrogens (tertiary/aromatic N) is 2. The van der Waals surface area contributed by atoms with E-state index >= 15 is 0 Å². The third-order valence-electron chi connectivity index (χ3n) is 5.87. The Morgan fingerprint density at radius 1 is 0.939 bits per heavy atom. The van der Waals surface area contributed by atoms with Gasteiger partial charge in [-0.3, -0.25) is 19.3 Å². The van der Waals surface area contributed by atoms with E-state index < -0.39 is 29.4 Å². The summed E-state index contributed by atoms with van der Waals surface area (Å²) in [6.45, 7) is 0.0925. The summed E-state index contributed by atoms with van der Waals surface area (Å²) in [6, 6.07) is 20.4. The molecule has 1 saturated heterocycles. The number of carbonyl (C=O) groups excluding carboxylic acids is 3. The predicted molar refractivity (Wildman–Crippen MR) is 122 cm³/mol. The fraction of sp³-hybridized carbons (Fsp3) is 0.120. The molecule has 1 fully saturated rings. The molecule has 0 bridgehead atoms. The first-order chi connectivity index (χ1) is 16.1. The lowest BCUT2D eigenvalue weighted by Crippen LogP contribution is -2.30. The van der Waals surface area contributed by atoms with Crippen LogP contribution in [0.4, 0.5) is 5.13 Å². The first-order valence-electron chi connectivity index (χ1n) is 10.3. The normalized spacial score (nSPS) is 19.5. The van der Waals surface area contributed by atoms with Gasteiger partial charge in [0.25, 0.3) is 5.91 Å².